The lowest BCUT2D eigenvalue weighted by molar-refractivity contribution is -0.349. The molecular weight excluding hydrogens is 272 g/mol. The normalized spacial score (nSPS) is 11.3. The molecule has 6 nitrogen and oxygen atoms in total. The summed E-state index contributed by atoms with van der Waals surface area (Å²) in [6.07, 6.45) is 0.287. The van der Waals surface area contributed by atoms with E-state index < -0.39 is 17.9 Å². The van der Waals surface area contributed by atoms with E-state index in [-0.39, 0.29) is 12.8 Å². The molecule has 0 amide bonds. The van der Waals surface area contributed by atoms with E-state index in [1.165, 1.54) is 11.8 Å². The van der Waals surface area contributed by atoms with Gasteiger partial charge >= 0.3 is 17.9 Å². The second-order valence-electron chi connectivity index (χ2n) is 3.71. The molecule has 0 heterocycles. The molecule has 0 radical (unpaired) electrons. The number of aliphatic carboxylic acids is 1. The van der Waals surface area contributed by atoms with Gasteiger partial charge in [0.25, 0.3) is 0 Å². The summed E-state index contributed by atoms with van der Waals surface area (Å²) >= 11 is 1.40. The number of rotatable bonds is 11. The van der Waals surface area contributed by atoms with Crippen LogP contribution in [-0.4, -0.2) is 47.7 Å². The average Bonchev–Trinajstić information content (AvgIpc) is 2.28. The minimum Gasteiger partial charge on any atom is -0.481 e. The van der Waals surface area contributed by atoms with Crippen molar-refractivity contribution in [1.82, 2.24) is 0 Å². The van der Waals surface area contributed by atoms with E-state index in [1.807, 2.05) is 0 Å². The van der Waals surface area contributed by atoms with Gasteiger partial charge in [0.05, 0.1) is 26.1 Å². The number of hydrogen-bond acceptors (Lipinski definition) is 6. The Labute approximate surface area is 117 Å². The van der Waals surface area contributed by atoms with Gasteiger partial charge in [-0.25, -0.2) is 0 Å². The van der Waals surface area contributed by atoms with Gasteiger partial charge in [-0.05, 0) is 13.8 Å². The SMILES string of the molecule is CCOC(C)(OCC)OC(=O)CCSCCC(=O)O. The van der Waals surface area contributed by atoms with Crippen molar-refractivity contribution in [3.8, 4) is 0 Å². The van der Waals surface area contributed by atoms with E-state index in [2.05, 4.69) is 0 Å². The minimum atomic E-state index is -1.34. The molecule has 0 aromatic heterocycles. The summed E-state index contributed by atoms with van der Waals surface area (Å²) in [5, 5.41) is 8.45. The summed E-state index contributed by atoms with van der Waals surface area (Å²) in [5.74, 6) is -1.61. The van der Waals surface area contributed by atoms with Gasteiger partial charge in [0.15, 0.2) is 0 Å². The van der Waals surface area contributed by atoms with E-state index in [4.69, 9.17) is 19.3 Å². The predicted octanol–water partition coefficient (Wildman–Crippen LogP) is 1.87. The van der Waals surface area contributed by atoms with Crippen molar-refractivity contribution >= 4 is 23.7 Å². The van der Waals surface area contributed by atoms with Crippen LogP contribution in [0.4, 0.5) is 0 Å². The molecule has 0 aliphatic heterocycles. The third-order valence-corrected chi connectivity index (χ3v) is 3.01. The van der Waals surface area contributed by atoms with Gasteiger partial charge in [0.2, 0.25) is 0 Å². The molecule has 0 bridgehead atoms. The third-order valence-electron chi connectivity index (χ3n) is 2.02. The van der Waals surface area contributed by atoms with Gasteiger partial charge in [0.1, 0.15) is 0 Å². The molecule has 0 aliphatic rings. The Balaban J connectivity index is 3.90. The van der Waals surface area contributed by atoms with Crippen LogP contribution in [0.15, 0.2) is 0 Å². The van der Waals surface area contributed by atoms with Crippen molar-refractivity contribution < 1.29 is 28.9 Å². The maximum atomic E-state index is 11.6. The number of ether oxygens (including phenoxy) is 3. The molecule has 0 unspecified atom stereocenters. The second kappa shape index (κ2) is 10.1. The minimum absolute atomic E-state index is 0.0926. The Morgan fingerprint density at radius 2 is 1.63 bits per heavy atom. The smallest absolute Gasteiger partial charge is 0.326 e. The van der Waals surface area contributed by atoms with Crippen LogP contribution < -0.4 is 0 Å². The molecule has 0 spiro atoms. The van der Waals surface area contributed by atoms with Crippen LogP contribution in [0, 0.1) is 0 Å². The van der Waals surface area contributed by atoms with Crippen LogP contribution in [0.2, 0.25) is 0 Å². The van der Waals surface area contributed by atoms with Gasteiger partial charge in [-0.15, -0.1) is 0 Å². The van der Waals surface area contributed by atoms with Crippen molar-refractivity contribution in [3.05, 3.63) is 0 Å². The Morgan fingerprint density at radius 1 is 1.11 bits per heavy atom. The van der Waals surface area contributed by atoms with Crippen molar-refractivity contribution in [3.63, 3.8) is 0 Å². The van der Waals surface area contributed by atoms with Crippen LogP contribution in [0.3, 0.4) is 0 Å². The number of thioether (sulfide) groups is 1. The Kier molecular flexibility index (Phi) is 9.63. The third kappa shape index (κ3) is 9.75. The molecule has 0 aliphatic carbocycles. The van der Waals surface area contributed by atoms with Crippen molar-refractivity contribution in [1.29, 1.82) is 0 Å². The lowest BCUT2D eigenvalue weighted by Gasteiger charge is -2.28. The van der Waals surface area contributed by atoms with E-state index in [9.17, 15) is 9.59 Å². The average molecular weight is 294 g/mol. The number of carbonyl (C=O) groups is 2. The van der Waals surface area contributed by atoms with E-state index in [0.717, 1.165) is 0 Å². The van der Waals surface area contributed by atoms with Gasteiger partial charge in [0, 0.05) is 18.4 Å². The van der Waals surface area contributed by atoms with Gasteiger partial charge in [-0.3, -0.25) is 9.59 Å². The number of carbonyl (C=O) groups excluding carboxylic acids is 1. The highest BCUT2D eigenvalue weighted by atomic mass is 32.2. The molecule has 0 atom stereocenters. The fraction of sp³-hybridized carbons (Fsp3) is 0.833. The van der Waals surface area contributed by atoms with Crippen molar-refractivity contribution in [2.75, 3.05) is 24.7 Å². The molecule has 0 aromatic rings. The zero-order valence-electron chi connectivity index (χ0n) is 11.6. The molecule has 0 aromatic carbocycles. The Morgan fingerprint density at radius 3 is 2.11 bits per heavy atom. The van der Waals surface area contributed by atoms with E-state index >= 15 is 0 Å². The number of carboxylic acid groups (broad SMARTS) is 1. The van der Waals surface area contributed by atoms with Gasteiger partial charge in [-0.2, -0.15) is 11.8 Å². The predicted molar refractivity (Wildman–Crippen MR) is 71.9 cm³/mol. The molecule has 1 N–H and O–H groups in total. The summed E-state index contributed by atoms with van der Waals surface area (Å²) in [4.78, 5) is 21.9. The van der Waals surface area contributed by atoms with Crippen LogP contribution in [0.25, 0.3) is 0 Å². The quantitative estimate of drug-likeness (QED) is 0.354. The van der Waals surface area contributed by atoms with Crippen LogP contribution in [0.5, 0.6) is 0 Å². The zero-order chi connectivity index (χ0) is 14.7. The molecule has 0 rings (SSSR count). The molecule has 0 saturated heterocycles. The van der Waals surface area contributed by atoms with E-state index in [0.29, 0.717) is 24.7 Å². The van der Waals surface area contributed by atoms with Crippen LogP contribution >= 0.6 is 11.8 Å². The first-order valence-corrected chi connectivity index (χ1v) is 7.38. The first-order valence-electron chi connectivity index (χ1n) is 6.22. The monoisotopic (exact) mass is 294 g/mol. The highest BCUT2D eigenvalue weighted by molar-refractivity contribution is 7.99. The van der Waals surface area contributed by atoms with Gasteiger partial charge in [-0.1, -0.05) is 0 Å². The summed E-state index contributed by atoms with van der Waals surface area (Å²) in [7, 11) is 0. The largest absolute Gasteiger partial charge is 0.481 e. The summed E-state index contributed by atoms with van der Waals surface area (Å²) in [6, 6.07) is 0. The first-order chi connectivity index (χ1) is 8.93. The first kappa shape index (κ1) is 18.2. The topological polar surface area (TPSA) is 82.1 Å². The van der Waals surface area contributed by atoms with Crippen molar-refractivity contribution in [2.45, 2.75) is 39.6 Å². The second-order valence-corrected chi connectivity index (χ2v) is 4.93. The molecule has 7 heteroatoms. The fourth-order valence-corrected chi connectivity index (χ4v) is 2.13. The Hall–Kier alpha value is -0.790. The number of hydrogen-bond donors (Lipinski definition) is 1. The summed E-state index contributed by atoms with van der Waals surface area (Å²) in [6.45, 7) is 5.86. The van der Waals surface area contributed by atoms with Gasteiger partial charge < -0.3 is 19.3 Å². The molecule has 19 heavy (non-hydrogen) atoms. The molecule has 0 fully saturated rings. The maximum Gasteiger partial charge on any atom is 0.326 e. The molecule has 112 valence electrons. The highest BCUT2D eigenvalue weighted by Gasteiger charge is 2.29. The number of carboxylic acids is 1. The lowest BCUT2D eigenvalue weighted by Crippen LogP contribution is -2.38. The lowest BCUT2D eigenvalue weighted by atomic mass is 10.5. The highest BCUT2D eigenvalue weighted by Crippen LogP contribution is 2.16. The van der Waals surface area contributed by atoms with Crippen LogP contribution in [0.1, 0.15) is 33.6 Å². The summed E-state index contributed by atoms with van der Waals surface area (Å²) in [5.41, 5.74) is 0. The molecule has 0 saturated carbocycles. The van der Waals surface area contributed by atoms with Crippen molar-refractivity contribution in [2.24, 2.45) is 0 Å². The maximum absolute atomic E-state index is 11.6. The Bertz CT molecular complexity index is 275. The van der Waals surface area contributed by atoms with E-state index in [1.54, 1.807) is 20.8 Å². The fourth-order valence-electron chi connectivity index (χ4n) is 1.30. The van der Waals surface area contributed by atoms with Crippen LogP contribution in [-0.2, 0) is 23.8 Å². The molecular formula is C12H22O6S. The number of esters is 1. The standard InChI is InChI=1S/C12H22O6S/c1-4-16-12(3,17-5-2)18-11(15)7-9-19-8-6-10(13)14/h4-9H2,1-3H3,(H,13,14). The summed E-state index contributed by atoms with van der Waals surface area (Å²) < 4.78 is 15.6. The zero-order valence-corrected chi connectivity index (χ0v) is 12.5.